The van der Waals surface area contributed by atoms with E-state index in [0.717, 1.165) is 33.4 Å². The van der Waals surface area contributed by atoms with Crippen LogP contribution in [0.2, 0.25) is 0 Å². The molecule has 1 aliphatic rings. The van der Waals surface area contributed by atoms with Gasteiger partial charge in [-0.25, -0.2) is 14.4 Å². The summed E-state index contributed by atoms with van der Waals surface area (Å²) in [6.45, 7) is 1.16. The molecular weight excluding hydrogens is 640 g/mol. The van der Waals surface area contributed by atoms with Gasteiger partial charge in [-0.05, 0) is 79.9 Å². The van der Waals surface area contributed by atoms with E-state index in [9.17, 15) is 14.4 Å². The lowest BCUT2D eigenvalue weighted by Gasteiger charge is -2.14. The first-order valence-electron chi connectivity index (χ1n) is 16.4. The van der Waals surface area contributed by atoms with Crippen LogP contribution in [0.3, 0.4) is 0 Å². The van der Waals surface area contributed by atoms with Crippen molar-refractivity contribution in [1.82, 2.24) is 5.32 Å². The number of nitrogens with one attached hydrogen (secondary N) is 1. The minimum atomic E-state index is -0.943. The molecule has 0 atom stereocenters. The Bertz CT molecular complexity index is 2100. The standard InChI is InChI=1S/C29H23NO4.C14H13NO2/c31-28(32)22-15-13-21(14-16-22)20-11-9-19(10-12-20)17-30-29(33)34-18-27-25-7-3-1-5-23(25)24-6-2-4-8-26(24)27;15-9-10-1-3-11(4-2-10)12-5-7-13(8-6-12)14(16)17/h1-16,27H,17-18H2,(H,30,33)(H,31,32);1-8H,9,15H2,(H,16,17). The second kappa shape index (κ2) is 15.8. The molecule has 6 aromatic carbocycles. The molecule has 0 bridgehead atoms. The largest absolute Gasteiger partial charge is 0.478 e. The lowest BCUT2D eigenvalue weighted by molar-refractivity contribution is 0.0686. The van der Waals surface area contributed by atoms with Crippen LogP contribution in [-0.2, 0) is 17.8 Å². The first-order valence-corrected chi connectivity index (χ1v) is 16.4. The van der Waals surface area contributed by atoms with Crippen molar-refractivity contribution in [2.45, 2.75) is 19.0 Å². The van der Waals surface area contributed by atoms with Gasteiger partial charge in [-0.15, -0.1) is 0 Å². The van der Waals surface area contributed by atoms with Gasteiger partial charge in [-0.3, -0.25) is 0 Å². The fourth-order valence-corrected chi connectivity index (χ4v) is 6.08. The number of hydrogen-bond acceptors (Lipinski definition) is 5. The third-order valence-electron chi connectivity index (χ3n) is 8.85. The third kappa shape index (κ3) is 8.21. The van der Waals surface area contributed by atoms with Crippen LogP contribution in [0.15, 0.2) is 146 Å². The van der Waals surface area contributed by atoms with Crippen LogP contribution in [0.25, 0.3) is 33.4 Å². The van der Waals surface area contributed by atoms with E-state index in [2.05, 4.69) is 29.6 Å². The van der Waals surface area contributed by atoms with E-state index in [0.29, 0.717) is 18.7 Å². The predicted octanol–water partition coefficient (Wildman–Crippen LogP) is 8.60. The lowest BCUT2D eigenvalue weighted by atomic mass is 9.98. The van der Waals surface area contributed by atoms with Gasteiger partial charge in [0.25, 0.3) is 0 Å². The van der Waals surface area contributed by atoms with E-state index >= 15 is 0 Å². The van der Waals surface area contributed by atoms with E-state index in [-0.39, 0.29) is 18.1 Å². The lowest BCUT2D eigenvalue weighted by Crippen LogP contribution is -2.25. The van der Waals surface area contributed by atoms with Crippen LogP contribution in [0.5, 0.6) is 0 Å². The van der Waals surface area contributed by atoms with Crippen molar-refractivity contribution < 1.29 is 29.3 Å². The van der Waals surface area contributed by atoms with Crippen molar-refractivity contribution >= 4 is 18.0 Å². The SMILES string of the molecule is NCc1ccc(-c2ccc(C(=O)O)cc2)cc1.O=C(NCc1ccc(-c2ccc(C(=O)O)cc2)cc1)OCC1c2ccccc2-c2ccccc21. The first-order chi connectivity index (χ1) is 24.8. The summed E-state index contributed by atoms with van der Waals surface area (Å²) in [5.41, 5.74) is 16.8. The molecule has 51 heavy (non-hydrogen) atoms. The molecule has 0 aliphatic heterocycles. The van der Waals surface area contributed by atoms with Crippen LogP contribution in [0, 0.1) is 0 Å². The Balaban J connectivity index is 0.000000221. The number of benzene rings is 6. The molecule has 254 valence electrons. The maximum atomic E-state index is 12.4. The molecule has 0 unspecified atom stereocenters. The maximum absolute atomic E-state index is 12.4. The Morgan fingerprint density at radius 1 is 0.549 bits per heavy atom. The van der Waals surface area contributed by atoms with E-state index in [1.165, 1.54) is 22.3 Å². The Morgan fingerprint density at radius 3 is 1.35 bits per heavy atom. The quantitative estimate of drug-likeness (QED) is 0.120. The molecule has 0 aromatic heterocycles. The van der Waals surface area contributed by atoms with Gasteiger partial charge in [0.15, 0.2) is 0 Å². The van der Waals surface area contributed by atoms with Crippen LogP contribution in [0.1, 0.15) is 48.9 Å². The smallest absolute Gasteiger partial charge is 0.407 e. The Labute approximate surface area is 295 Å². The number of carbonyl (C=O) groups excluding carboxylic acids is 1. The molecule has 0 spiro atoms. The number of hydrogen-bond donors (Lipinski definition) is 4. The summed E-state index contributed by atoms with van der Waals surface area (Å²) >= 11 is 0. The monoisotopic (exact) mass is 676 g/mol. The molecule has 0 saturated heterocycles. The first kappa shape index (κ1) is 34.4. The van der Waals surface area contributed by atoms with Crippen LogP contribution >= 0.6 is 0 Å². The van der Waals surface area contributed by atoms with Crippen LogP contribution < -0.4 is 11.1 Å². The van der Waals surface area contributed by atoms with Crippen LogP contribution in [0.4, 0.5) is 4.79 Å². The van der Waals surface area contributed by atoms with Crippen molar-refractivity contribution in [2.75, 3.05) is 6.61 Å². The van der Waals surface area contributed by atoms with E-state index < -0.39 is 18.0 Å². The van der Waals surface area contributed by atoms with Crippen LogP contribution in [-0.4, -0.2) is 34.9 Å². The molecule has 1 amide bonds. The second-order valence-corrected chi connectivity index (χ2v) is 12.0. The van der Waals surface area contributed by atoms with Crippen molar-refractivity contribution in [1.29, 1.82) is 0 Å². The summed E-state index contributed by atoms with van der Waals surface area (Å²) in [5, 5.41) is 20.7. The van der Waals surface area contributed by atoms with Gasteiger partial charge < -0.3 is 26.0 Å². The summed E-state index contributed by atoms with van der Waals surface area (Å²) in [4.78, 5) is 34.1. The zero-order chi connectivity index (χ0) is 35.7. The molecule has 0 heterocycles. The molecule has 5 N–H and O–H groups in total. The van der Waals surface area contributed by atoms with Crippen molar-refractivity contribution in [2.24, 2.45) is 5.73 Å². The molecular formula is C43H36N2O6. The minimum Gasteiger partial charge on any atom is -0.478 e. The molecule has 8 nitrogen and oxygen atoms in total. The number of carbonyl (C=O) groups is 3. The van der Waals surface area contributed by atoms with Gasteiger partial charge in [0.2, 0.25) is 0 Å². The van der Waals surface area contributed by atoms with E-state index in [1.54, 1.807) is 48.5 Å². The number of aromatic carboxylic acids is 2. The van der Waals surface area contributed by atoms with Gasteiger partial charge >= 0.3 is 18.0 Å². The van der Waals surface area contributed by atoms with Gasteiger partial charge in [0.05, 0.1) is 11.1 Å². The fraction of sp³-hybridized carbons (Fsp3) is 0.0930. The van der Waals surface area contributed by atoms with E-state index in [1.807, 2.05) is 72.8 Å². The van der Waals surface area contributed by atoms with Gasteiger partial charge in [0, 0.05) is 19.0 Å². The fourth-order valence-electron chi connectivity index (χ4n) is 6.08. The van der Waals surface area contributed by atoms with Gasteiger partial charge in [0.1, 0.15) is 6.61 Å². The zero-order valence-electron chi connectivity index (χ0n) is 27.7. The zero-order valence-corrected chi connectivity index (χ0v) is 27.7. The third-order valence-corrected chi connectivity index (χ3v) is 8.85. The predicted molar refractivity (Wildman–Crippen MR) is 197 cm³/mol. The normalized spacial score (nSPS) is 11.4. The summed E-state index contributed by atoms with van der Waals surface area (Å²) in [6.07, 6.45) is -0.449. The number of alkyl carbamates (subject to hydrolysis) is 1. The molecule has 7 rings (SSSR count). The highest BCUT2D eigenvalue weighted by atomic mass is 16.5. The summed E-state index contributed by atoms with van der Waals surface area (Å²) in [5.74, 6) is -1.82. The minimum absolute atomic E-state index is 0.0324. The number of rotatable bonds is 9. The summed E-state index contributed by atoms with van der Waals surface area (Å²) < 4.78 is 5.59. The molecule has 1 aliphatic carbocycles. The number of ether oxygens (including phenoxy) is 1. The number of carboxylic acids is 2. The second-order valence-electron chi connectivity index (χ2n) is 12.0. The molecule has 0 saturated carbocycles. The van der Waals surface area contributed by atoms with Crippen molar-refractivity contribution in [3.05, 3.63) is 179 Å². The molecule has 0 fully saturated rings. The van der Waals surface area contributed by atoms with Gasteiger partial charge in [-0.2, -0.15) is 0 Å². The highest BCUT2D eigenvalue weighted by Gasteiger charge is 2.29. The number of amides is 1. The Morgan fingerprint density at radius 2 is 0.941 bits per heavy atom. The Kier molecular flexibility index (Phi) is 10.6. The Hall–Kier alpha value is -6.51. The number of nitrogens with two attached hydrogens (primary N) is 1. The topological polar surface area (TPSA) is 139 Å². The molecule has 0 radical (unpaired) electrons. The number of fused-ring (bicyclic) bond motifs is 3. The maximum Gasteiger partial charge on any atom is 0.407 e. The highest BCUT2D eigenvalue weighted by molar-refractivity contribution is 5.89. The highest BCUT2D eigenvalue weighted by Crippen LogP contribution is 2.44. The van der Waals surface area contributed by atoms with E-state index in [4.69, 9.17) is 20.7 Å². The van der Waals surface area contributed by atoms with Crippen molar-refractivity contribution in [3.8, 4) is 33.4 Å². The van der Waals surface area contributed by atoms with Crippen molar-refractivity contribution in [3.63, 3.8) is 0 Å². The number of carboxylic acid groups (broad SMARTS) is 2. The summed E-state index contributed by atoms with van der Waals surface area (Å²) in [7, 11) is 0. The summed E-state index contributed by atoms with van der Waals surface area (Å²) in [6, 6.07) is 45.8. The molecule has 8 heteroatoms. The molecule has 6 aromatic rings. The average molecular weight is 677 g/mol. The average Bonchev–Trinajstić information content (AvgIpc) is 3.50. The van der Waals surface area contributed by atoms with Gasteiger partial charge in [-0.1, -0.05) is 121 Å².